The predicted octanol–water partition coefficient (Wildman–Crippen LogP) is 1.89. The van der Waals surface area contributed by atoms with Gasteiger partial charge in [0.1, 0.15) is 0 Å². The van der Waals surface area contributed by atoms with Crippen molar-refractivity contribution in [2.45, 2.75) is 32.7 Å². The fourth-order valence-electron chi connectivity index (χ4n) is 1.62. The number of nitrogens with one attached hydrogen (secondary N) is 1. The van der Waals surface area contributed by atoms with Crippen LogP contribution >= 0.6 is 0 Å². The van der Waals surface area contributed by atoms with E-state index in [0.29, 0.717) is 6.61 Å². The maximum absolute atomic E-state index is 5.62. The number of aryl methyl sites for hydroxylation is 1. The van der Waals surface area contributed by atoms with Gasteiger partial charge in [-0.2, -0.15) is 0 Å². The summed E-state index contributed by atoms with van der Waals surface area (Å²) in [6.45, 7) is 6.83. The lowest BCUT2D eigenvalue weighted by Crippen LogP contribution is -2.28. The molecule has 0 aliphatic heterocycles. The highest BCUT2D eigenvalue weighted by atomic mass is 16.5. The van der Waals surface area contributed by atoms with E-state index in [-0.39, 0.29) is 6.04 Å². The van der Waals surface area contributed by atoms with Gasteiger partial charge >= 0.3 is 0 Å². The smallest absolute Gasteiger partial charge is 0.0946 e. The van der Waals surface area contributed by atoms with Gasteiger partial charge in [0.25, 0.3) is 0 Å². The van der Waals surface area contributed by atoms with Crippen molar-refractivity contribution >= 4 is 0 Å². The third-order valence-corrected chi connectivity index (χ3v) is 2.48. The zero-order valence-corrected chi connectivity index (χ0v) is 10.6. The van der Waals surface area contributed by atoms with Crippen molar-refractivity contribution in [3.8, 4) is 0 Å². The van der Waals surface area contributed by atoms with Crippen LogP contribution in [-0.4, -0.2) is 29.3 Å². The van der Waals surface area contributed by atoms with Crippen LogP contribution in [0.2, 0.25) is 0 Å². The van der Waals surface area contributed by atoms with Crippen molar-refractivity contribution < 1.29 is 4.74 Å². The molecule has 16 heavy (non-hydrogen) atoms. The molecule has 0 saturated carbocycles. The van der Waals surface area contributed by atoms with Gasteiger partial charge < -0.3 is 14.6 Å². The summed E-state index contributed by atoms with van der Waals surface area (Å²) < 4.78 is 7.66. The average molecular weight is 225 g/mol. The second kappa shape index (κ2) is 7.41. The van der Waals surface area contributed by atoms with Crippen LogP contribution in [-0.2, 0) is 11.8 Å². The molecule has 0 fully saturated rings. The Hall–Kier alpha value is -0.870. The van der Waals surface area contributed by atoms with Gasteiger partial charge in [0, 0.05) is 19.9 Å². The first-order valence-electron chi connectivity index (χ1n) is 6.06. The summed E-state index contributed by atoms with van der Waals surface area (Å²) in [6, 6.07) is 0.249. The van der Waals surface area contributed by atoms with E-state index < -0.39 is 0 Å². The van der Waals surface area contributed by atoms with Crippen molar-refractivity contribution in [2.75, 3.05) is 19.8 Å². The molecule has 0 bridgehead atoms. The Morgan fingerprint density at radius 3 is 2.81 bits per heavy atom. The van der Waals surface area contributed by atoms with Gasteiger partial charge in [-0.3, -0.25) is 0 Å². The topological polar surface area (TPSA) is 39.1 Å². The van der Waals surface area contributed by atoms with E-state index in [1.165, 1.54) is 5.69 Å². The molecule has 1 N–H and O–H groups in total. The molecule has 0 spiro atoms. The molecule has 0 saturated heterocycles. The Bertz CT molecular complexity index is 286. The number of hydrogen-bond donors (Lipinski definition) is 1. The van der Waals surface area contributed by atoms with Gasteiger partial charge in [0.05, 0.1) is 24.7 Å². The summed E-state index contributed by atoms with van der Waals surface area (Å²) in [4.78, 5) is 4.15. The molecule has 0 aliphatic rings. The van der Waals surface area contributed by atoms with Gasteiger partial charge in [0.2, 0.25) is 0 Å². The molecule has 0 amide bonds. The summed E-state index contributed by atoms with van der Waals surface area (Å²) in [5.74, 6) is 0. The minimum atomic E-state index is 0.249. The second-order valence-corrected chi connectivity index (χ2v) is 4.01. The number of imidazole rings is 1. The van der Waals surface area contributed by atoms with E-state index in [1.807, 2.05) is 24.1 Å². The van der Waals surface area contributed by atoms with Gasteiger partial charge in [0.15, 0.2) is 0 Å². The molecule has 4 heteroatoms. The zero-order chi connectivity index (χ0) is 11.8. The Balaban J connectivity index is 2.53. The second-order valence-electron chi connectivity index (χ2n) is 4.01. The third kappa shape index (κ3) is 3.94. The molecule has 0 radical (unpaired) electrons. The Morgan fingerprint density at radius 2 is 2.25 bits per heavy atom. The Morgan fingerprint density at radius 1 is 1.44 bits per heavy atom. The van der Waals surface area contributed by atoms with Crippen LogP contribution in [0.1, 0.15) is 38.4 Å². The number of nitrogens with zero attached hydrogens (tertiary/aromatic N) is 2. The van der Waals surface area contributed by atoms with Crippen LogP contribution in [0.25, 0.3) is 0 Å². The van der Waals surface area contributed by atoms with Gasteiger partial charge in [-0.1, -0.05) is 13.8 Å². The fraction of sp³-hybridized carbons (Fsp3) is 0.750. The summed E-state index contributed by atoms with van der Waals surface area (Å²) in [5.41, 5.74) is 1.18. The van der Waals surface area contributed by atoms with Gasteiger partial charge in [-0.25, -0.2) is 4.98 Å². The van der Waals surface area contributed by atoms with Crippen LogP contribution in [0.5, 0.6) is 0 Å². The normalized spacial score (nSPS) is 12.9. The Kier molecular flexibility index (Phi) is 6.11. The SMILES string of the molecule is CCCNC(COCCC)c1cncn1C. The summed E-state index contributed by atoms with van der Waals surface area (Å²) in [6.07, 6.45) is 5.92. The minimum Gasteiger partial charge on any atom is -0.379 e. The largest absolute Gasteiger partial charge is 0.379 e. The van der Waals surface area contributed by atoms with Crippen molar-refractivity contribution in [3.05, 3.63) is 18.2 Å². The highest BCUT2D eigenvalue weighted by Crippen LogP contribution is 2.12. The van der Waals surface area contributed by atoms with Crippen molar-refractivity contribution in [3.63, 3.8) is 0 Å². The molecule has 92 valence electrons. The third-order valence-electron chi connectivity index (χ3n) is 2.48. The van der Waals surface area contributed by atoms with Crippen molar-refractivity contribution in [1.29, 1.82) is 0 Å². The first kappa shape index (κ1) is 13.2. The lowest BCUT2D eigenvalue weighted by molar-refractivity contribution is 0.110. The molecular weight excluding hydrogens is 202 g/mol. The van der Waals surface area contributed by atoms with E-state index in [0.717, 1.165) is 26.0 Å². The van der Waals surface area contributed by atoms with E-state index in [9.17, 15) is 0 Å². The van der Waals surface area contributed by atoms with E-state index in [1.54, 1.807) is 0 Å². The number of hydrogen-bond acceptors (Lipinski definition) is 3. The number of rotatable bonds is 8. The Labute approximate surface area is 98.0 Å². The molecule has 1 unspecified atom stereocenters. The molecule has 1 heterocycles. The molecule has 1 aromatic rings. The highest BCUT2D eigenvalue weighted by Gasteiger charge is 2.13. The van der Waals surface area contributed by atoms with E-state index in [2.05, 4.69) is 24.1 Å². The van der Waals surface area contributed by atoms with Crippen LogP contribution in [0.4, 0.5) is 0 Å². The average Bonchev–Trinajstić information content (AvgIpc) is 2.70. The molecular formula is C12H23N3O. The molecule has 0 aliphatic carbocycles. The highest BCUT2D eigenvalue weighted by molar-refractivity contribution is 5.04. The molecule has 1 aromatic heterocycles. The van der Waals surface area contributed by atoms with Crippen molar-refractivity contribution in [2.24, 2.45) is 7.05 Å². The summed E-state index contributed by atoms with van der Waals surface area (Å²) >= 11 is 0. The minimum absolute atomic E-state index is 0.249. The molecule has 0 aromatic carbocycles. The van der Waals surface area contributed by atoms with Crippen LogP contribution in [0.3, 0.4) is 0 Å². The fourth-order valence-corrected chi connectivity index (χ4v) is 1.62. The number of ether oxygens (including phenoxy) is 1. The quantitative estimate of drug-likeness (QED) is 0.687. The first-order valence-corrected chi connectivity index (χ1v) is 6.06. The van der Waals surface area contributed by atoms with Gasteiger partial charge in [-0.15, -0.1) is 0 Å². The lowest BCUT2D eigenvalue weighted by Gasteiger charge is -2.18. The lowest BCUT2D eigenvalue weighted by atomic mass is 10.2. The zero-order valence-electron chi connectivity index (χ0n) is 10.6. The molecule has 1 rings (SSSR count). The standard InChI is InChI=1S/C12H23N3O/c1-4-6-14-11(9-16-7-5-2)12-8-13-10-15(12)3/h8,10-11,14H,4-7,9H2,1-3H3. The van der Waals surface area contributed by atoms with Crippen molar-refractivity contribution in [1.82, 2.24) is 14.9 Å². The van der Waals surface area contributed by atoms with Crippen LogP contribution < -0.4 is 5.32 Å². The summed E-state index contributed by atoms with van der Waals surface area (Å²) in [5, 5.41) is 3.49. The van der Waals surface area contributed by atoms with E-state index in [4.69, 9.17) is 4.74 Å². The van der Waals surface area contributed by atoms with Crippen LogP contribution in [0.15, 0.2) is 12.5 Å². The summed E-state index contributed by atoms with van der Waals surface area (Å²) in [7, 11) is 2.02. The number of aromatic nitrogens is 2. The maximum Gasteiger partial charge on any atom is 0.0946 e. The molecule has 1 atom stereocenters. The first-order chi connectivity index (χ1) is 7.79. The van der Waals surface area contributed by atoms with E-state index >= 15 is 0 Å². The van der Waals surface area contributed by atoms with Gasteiger partial charge in [-0.05, 0) is 19.4 Å². The van der Waals surface area contributed by atoms with Crippen LogP contribution in [0, 0.1) is 0 Å². The molecule has 4 nitrogen and oxygen atoms in total. The monoisotopic (exact) mass is 225 g/mol. The predicted molar refractivity (Wildman–Crippen MR) is 65.4 cm³/mol. The maximum atomic E-state index is 5.62.